The molecular weight excluding hydrogens is 440 g/mol. The highest BCUT2D eigenvalue weighted by Gasteiger charge is 2.24. The quantitative estimate of drug-likeness (QED) is 0.266. The van der Waals surface area contributed by atoms with E-state index in [4.69, 9.17) is 9.97 Å². The Kier molecular flexibility index (Phi) is 4.03. The van der Waals surface area contributed by atoms with Gasteiger partial charge in [0.25, 0.3) is 0 Å². The Balaban J connectivity index is 1.55. The number of para-hydroxylation sites is 2. The molecule has 0 saturated heterocycles. The maximum Gasteiger partial charge on any atom is 0.147 e. The number of benzene rings is 2. The third kappa shape index (κ3) is 2.64. The lowest BCUT2D eigenvalue weighted by molar-refractivity contribution is 0.777. The standard InChI is InChI=1S/C32H22N4/c1-2-11-23(12-3-1)36-27-14-7-6-13-25(27)29-31-26(20-34-32(29)36)30-28(15-8-18-33-30)35(31)24-17-16-21-9-4-5-10-22(21)19-24/h1-15,17-21H,16H2. The van der Waals surface area contributed by atoms with Crippen molar-refractivity contribution < 1.29 is 0 Å². The first kappa shape index (κ1) is 19.6. The van der Waals surface area contributed by atoms with Crippen LogP contribution in [0.4, 0.5) is 0 Å². The molecule has 0 spiro atoms. The summed E-state index contributed by atoms with van der Waals surface area (Å²) in [7, 11) is 0. The lowest BCUT2D eigenvalue weighted by Gasteiger charge is -2.22. The molecule has 0 fully saturated rings. The number of hydrogen-bond acceptors (Lipinski definition) is 2. The number of fused-ring (bicyclic) bond motifs is 8. The Hall–Kier alpha value is -4.70. The van der Waals surface area contributed by atoms with Gasteiger partial charge in [0.1, 0.15) is 5.65 Å². The molecule has 4 heterocycles. The summed E-state index contributed by atoms with van der Waals surface area (Å²) in [4.78, 5) is 9.87. The number of allylic oxidation sites excluding steroid dienone is 8. The molecule has 1 unspecified atom stereocenters. The van der Waals surface area contributed by atoms with Crippen LogP contribution in [0.3, 0.4) is 0 Å². The van der Waals surface area contributed by atoms with Crippen LogP contribution in [0, 0.1) is 5.92 Å². The third-order valence-corrected chi connectivity index (χ3v) is 7.50. The molecule has 2 aliphatic carbocycles. The topological polar surface area (TPSA) is 35.6 Å². The largest absolute Gasteiger partial charge is 0.307 e. The van der Waals surface area contributed by atoms with E-state index in [1.807, 2.05) is 18.5 Å². The normalized spacial score (nSPS) is 17.2. The van der Waals surface area contributed by atoms with Gasteiger partial charge in [-0.25, -0.2) is 4.98 Å². The highest BCUT2D eigenvalue weighted by atomic mass is 15.1. The molecule has 8 rings (SSSR count). The van der Waals surface area contributed by atoms with E-state index in [0.29, 0.717) is 5.92 Å². The van der Waals surface area contributed by atoms with Gasteiger partial charge in [0, 0.05) is 40.5 Å². The van der Waals surface area contributed by atoms with Crippen LogP contribution in [-0.2, 0) is 0 Å². The van der Waals surface area contributed by atoms with Crippen LogP contribution in [0.1, 0.15) is 6.42 Å². The molecule has 4 nitrogen and oxygen atoms in total. The van der Waals surface area contributed by atoms with Crippen molar-refractivity contribution in [2.24, 2.45) is 5.92 Å². The van der Waals surface area contributed by atoms with E-state index in [1.165, 1.54) is 16.7 Å². The summed E-state index contributed by atoms with van der Waals surface area (Å²) in [6.07, 6.45) is 18.4. The molecule has 2 aliphatic rings. The first-order valence-electron chi connectivity index (χ1n) is 12.4. The SMILES string of the molecule is C1=CC2=CC(n3c4cccnc4c4cnc5c(c6ccccc6n5-c5ccccc5)c43)=CCC2C=C1. The lowest BCUT2D eigenvalue weighted by atomic mass is 9.87. The van der Waals surface area contributed by atoms with Crippen molar-refractivity contribution >= 4 is 49.6 Å². The lowest BCUT2D eigenvalue weighted by Crippen LogP contribution is -2.08. The van der Waals surface area contributed by atoms with Crippen molar-refractivity contribution in [3.63, 3.8) is 0 Å². The Morgan fingerprint density at radius 3 is 2.58 bits per heavy atom. The summed E-state index contributed by atoms with van der Waals surface area (Å²) in [5, 5.41) is 3.43. The third-order valence-electron chi connectivity index (χ3n) is 7.50. The summed E-state index contributed by atoms with van der Waals surface area (Å²) in [6.45, 7) is 0. The van der Waals surface area contributed by atoms with Gasteiger partial charge in [-0.2, -0.15) is 0 Å². The van der Waals surface area contributed by atoms with Crippen LogP contribution in [0.15, 0.2) is 121 Å². The molecule has 2 aromatic carbocycles. The van der Waals surface area contributed by atoms with Crippen molar-refractivity contribution in [1.82, 2.24) is 19.1 Å². The molecule has 170 valence electrons. The van der Waals surface area contributed by atoms with Gasteiger partial charge in [-0.05, 0) is 48.4 Å². The second kappa shape index (κ2) is 7.40. The average molecular weight is 463 g/mol. The fourth-order valence-corrected chi connectivity index (χ4v) is 5.92. The van der Waals surface area contributed by atoms with E-state index in [1.54, 1.807) is 0 Å². The van der Waals surface area contributed by atoms with Gasteiger partial charge >= 0.3 is 0 Å². The minimum Gasteiger partial charge on any atom is -0.307 e. The summed E-state index contributed by atoms with van der Waals surface area (Å²) >= 11 is 0. The zero-order valence-corrected chi connectivity index (χ0v) is 19.5. The Bertz CT molecular complexity index is 1960. The van der Waals surface area contributed by atoms with Gasteiger partial charge in [-0.1, -0.05) is 66.8 Å². The summed E-state index contributed by atoms with van der Waals surface area (Å²) in [5.74, 6) is 0.451. The van der Waals surface area contributed by atoms with Crippen molar-refractivity contribution in [3.8, 4) is 5.69 Å². The van der Waals surface area contributed by atoms with E-state index in [2.05, 4.69) is 106 Å². The Morgan fingerprint density at radius 1 is 0.778 bits per heavy atom. The second-order valence-corrected chi connectivity index (χ2v) is 9.47. The fraction of sp³-hybridized carbons (Fsp3) is 0.0625. The van der Waals surface area contributed by atoms with Crippen LogP contribution in [0.2, 0.25) is 0 Å². The second-order valence-electron chi connectivity index (χ2n) is 9.47. The Labute approximate surface area is 207 Å². The van der Waals surface area contributed by atoms with E-state index < -0.39 is 0 Å². The highest BCUT2D eigenvalue weighted by Crippen LogP contribution is 2.41. The number of hydrogen-bond donors (Lipinski definition) is 0. The predicted molar refractivity (Wildman–Crippen MR) is 148 cm³/mol. The monoisotopic (exact) mass is 462 g/mol. The van der Waals surface area contributed by atoms with Crippen LogP contribution in [0.5, 0.6) is 0 Å². The molecule has 0 radical (unpaired) electrons. The fourth-order valence-electron chi connectivity index (χ4n) is 5.92. The van der Waals surface area contributed by atoms with Crippen molar-refractivity contribution in [2.75, 3.05) is 0 Å². The van der Waals surface area contributed by atoms with Crippen molar-refractivity contribution in [2.45, 2.75) is 6.42 Å². The molecule has 4 aromatic heterocycles. The van der Waals surface area contributed by atoms with Gasteiger partial charge in [0.05, 0.1) is 27.5 Å². The van der Waals surface area contributed by atoms with Crippen LogP contribution >= 0.6 is 0 Å². The van der Waals surface area contributed by atoms with Crippen molar-refractivity contribution in [3.05, 3.63) is 121 Å². The molecule has 0 aliphatic heterocycles. The summed E-state index contributed by atoms with van der Waals surface area (Å²) in [6, 6.07) is 23.3. The van der Waals surface area contributed by atoms with Gasteiger partial charge < -0.3 is 4.57 Å². The molecule has 36 heavy (non-hydrogen) atoms. The predicted octanol–water partition coefficient (Wildman–Crippen LogP) is 7.59. The number of pyridine rings is 2. The Morgan fingerprint density at radius 2 is 1.64 bits per heavy atom. The van der Waals surface area contributed by atoms with Gasteiger partial charge in [0.2, 0.25) is 0 Å². The number of aromatic nitrogens is 4. The molecule has 0 amide bonds. The minimum atomic E-state index is 0.451. The van der Waals surface area contributed by atoms with Gasteiger partial charge in [0.15, 0.2) is 0 Å². The maximum absolute atomic E-state index is 5.05. The van der Waals surface area contributed by atoms with E-state index in [9.17, 15) is 0 Å². The zero-order valence-electron chi connectivity index (χ0n) is 19.5. The van der Waals surface area contributed by atoms with Crippen LogP contribution in [-0.4, -0.2) is 19.1 Å². The van der Waals surface area contributed by atoms with E-state index in [0.717, 1.165) is 50.6 Å². The minimum absolute atomic E-state index is 0.451. The van der Waals surface area contributed by atoms with Crippen LogP contribution < -0.4 is 0 Å². The summed E-state index contributed by atoms with van der Waals surface area (Å²) in [5.41, 5.74) is 9.02. The van der Waals surface area contributed by atoms with E-state index in [-0.39, 0.29) is 0 Å². The summed E-state index contributed by atoms with van der Waals surface area (Å²) < 4.78 is 4.68. The van der Waals surface area contributed by atoms with Crippen LogP contribution in [0.25, 0.3) is 55.3 Å². The average Bonchev–Trinajstić information content (AvgIpc) is 3.46. The molecule has 0 saturated carbocycles. The van der Waals surface area contributed by atoms with E-state index >= 15 is 0 Å². The maximum atomic E-state index is 5.05. The molecule has 6 aromatic rings. The molecule has 4 heteroatoms. The molecular formula is C32H22N4. The number of nitrogens with zero attached hydrogens (tertiary/aromatic N) is 4. The zero-order chi connectivity index (χ0) is 23.6. The van der Waals surface area contributed by atoms with Crippen molar-refractivity contribution in [1.29, 1.82) is 0 Å². The first-order valence-corrected chi connectivity index (χ1v) is 12.4. The smallest absolute Gasteiger partial charge is 0.147 e. The highest BCUT2D eigenvalue weighted by molar-refractivity contribution is 6.24. The number of rotatable bonds is 2. The first-order chi connectivity index (χ1) is 17.9. The molecule has 0 bridgehead atoms. The molecule has 0 N–H and O–H groups in total. The van der Waals surface area contributed by atoms with Gasteiger partial charge in [-0.15, -0.1) is 0 Å². The van der Waals surface area contributed by atoms with Gasteiger partial charge in [-0.3, -0.25) is 9.55 Å². The molecule has 1 atom stereocenters.